The fourth-order valence-electron chi connectivity index (χ4n) is 7.29. The Morgan fingerprint density at radius 1 is 1.20 bits per heavy atom. The molecule has 3 heterocycles. The van der Waals surface area contributed by atoms with Gasteiger partial charge in [-0.15, -0.1) is 13.2 Å². The topological polar surface area (TPSA) is 125 Å². The van der Waals surface area contributed by atoms with Crippen LogP contribution in [-0.4, -0.2) is 88.6 Å². The summed E-state index contributed by atoms with van der Waals surface area (Å²) >= 11 is 0. The van der Waals surface area contributed by atoms with E-state index in [2.05, 4.69) is 25.4 Å². The van der Waals surface area contributed by atoms with Crippen LogP contribution in [0.4, 0.5) is 0 Å². The van der Waals surface area contributed by atoms with Gasteiger partial charge in [0, 0.05) is 32.7 Å². The van der Waals surface area contributed by atoms with Gasteiger partial charge in [0.25, 0.3) is 0 Å². The van der Waals surface area contributed by atoms with Crippen LogP contribution in [0, 0.1) is 11.8 Å². The Hall–Kier alpha value is -3.50. The van der Waals surface area contributed by atoms with Gasteiger partial charge in [-0.2, -0.15) is 0 Å². The Kier molecular flexibility index (Phi) is 12.0. The molecule has 3 fully saturated rings. The number of nitrogens with zero attached hydrogens (tertiary/aromatic N) is 2. The van der Waals surface area contributed by atoms with Gasteiger partial charge in [0.2, 0.25) is 17.7 Å². The SMILES string of the molecule is C=CCCC(=O)N[C@@H](C)[C@H](OC(=O)[C@@H]1[C@H]2C(=O)N(CCCO)[C@H](C(=O)N(CC=C)CCCCC)[C@]23CC[C@H]1O3)c1ccccc1. The number of esters is 1. The van der Waals surface area contributed by atoms with Crippen molar-refractivity contribution in [1.82, 2.24) is 15.1 Å². The first-order chi connectivity index (χ1) is 21.7. The highest BCUT2D eigenvalue weighted by molar-refractivity contribution is 5.98. The summed E-state index contributed by atoms with van der Waals surface area (Å²) in [5, 5.41) is 12.6. The Morgan fingerprint density at radius 3 is 2.62 bits per heavy atom. The largest absolute Gasteiger partial charge is 0.455 e. The van der Waals surface area contributed by atoms with Crippen molar-refractivity contribution in [2.45, 2.75) is 95.1 Å². The first kappa shape index (κ1) is 34.4. The molecule has 0 aliphatic carbocycles. The number of nitrogens with one attached hydrogen (secondary N) is 1. The smallest absolute Gasteiger partial charge is 0.313 e. The molecule has 7 atom stereocenters. The van der Waals surface area contributed by atoms with Crippen molar-refractivity contribution in [3.05, 3.63) is 61.2 Å². The number of amides is 3. The monoisotopic (exact) mass is 623 g/mol. The van der Waals surface area contributed by atoms with Crippen LogP contribution in [-0.2, 0) is 28.7 Å². The summed E-state index contributed by atoms with van der Waals surface area (Å²) in [5.74, 6) is -3.08. The third kappa shape index (κ3) is 7.17. The third-order valence-corrected chi connectivity index (χ3v) is 9.35. The van der Waals surface area contributed by atoms with Gasteiger partial charge in [0.15, 0.2) is 0 Å². The van der Waals surface area contributed by atoms with E-state index in [-0.39, 0.29) is 37.3 Å². The number of fused-ring (bicyclic) bond motifs is 1. The van der Waals surface area contributed by atoms with Gasteiger partial charge in [0.1, 0.15) is 17.7 Å². The van der Waals surface area contributed by atoms with Gasteiger partial charge in [-0.3, -0.25) is 19.2 Å². The number of carbonyl (C=O) groups is 4. The number of hydrogen-bond donors (Lipinski definition) is 2. The highest BCUT2D eigenvalue weighted by Gasteiger charge is 2.75. The maximum absolute atomic E-state index is 14.3. The van der Waals surface area contributed by atoms with E-state index < -0.39 is 47.7 Å². The van der Waals surface area contributed by atoms with Crippen molar-refractivity contribution in [2.75, 3.05) is 26.2 Å². The van der Waals surface area contributed by atoms with Crippen LogP contribution in [0.2, 0.25) is 0 Å². The van der Waals surface area contributed by atoms with Gasteiger partial charge in [-0.05, 0) is 44.6 Å². The normalized spacial score (nSPS) is 26.2. The van der Waals surface area contributed by atoms with Gasteiger partial charge in [-0.25, -0.2) is 0 Å². The van der Waals surface area contributed by atoms with Crippen LogP contribution < -0.4 is 5.32 Å². The van der Waals surface area contributed by atoms with Crippen molar-refractivity contribution >= 4 is 23.7 Å². The highest BCUT2D eigenvalue weighted by atomic mass is 16.6. The lowest BCUT2D eigenvalue weighted by Gasteiger charge is -2.36. The molecule has 3 aliphatic heterocycles. The predicted octanol–water partition coefficient (Wildman–Crippen LogP) is 3.70. The number of aliphatic hydroxyl groups excluding tert-OH is 1. The molecule has 1 aromatic carbocycles. The molecule has 0 aromatic heterocycles. The molecule has 45 heavy (non-hydrogen) atoms. The van der Waals surface area contributed by atoms with E-state index in [1.165, 1.54) is 4.90 Å². The molecular formula is C35H49N3O7. The fraction of sp³-hybridized carbons (Fsp3) is 0.600. The molecule has 4 rings (SSSR count). The molecule has 2 bridgehead atoms. The van der Waals surface area contributed by atoms with E-state index in [0.29, 0.717) is 44.3 Å². The second-order valence-electron chi connectivity index (χ2n) is 12.4. The molecule has 0 unspecified atom stereocenters. The number of aliphatic hydroxyl groups is 1. The first-order valence-corrected chi connectivity index (χ1v) is 16.4. The molecule has 3 amide bonds. The van der Waals surface area contributed by atoms with Crippen molar-refractivity contribution in [3.8, 4) is 0 Å². The quantitative estimate of drug-likeness (QED) is 0.145. The van der Waals surface area contributed by atoms with Gasteiger partial charge in [-0.1, -0.05) is 62.2 Å². The lowest BCUT2D eigenvalue weighted by Crippen LogP contribution is -2.56. The van der Waals surface area contributed by atoms with Crippen molar-refractivity contribution in [2.24, 2.45) is 11.8 Å². The number of carbonyl (C=O) groups excluding carboxylic acids is 4. The number of rotatable bonds is 18. The number of likely N-dealkylation sites (tertiary alicyclic amines) is 1. The number of hydrogen-bond acceptors (Lipinski definition) is 7. The first-order valence-electron chi connectivity index (χ1n) is 16.4. The summed E-state index contributed by atoms with van der Waals surface area (Å²) in [4.78, 5) is 58.4. The Labute approximate surface area is 266 Å². The van der Waals surface area contributed by atoms with E-state index in [1.807, 2.05) is 30.3 Å². The zero-order chi connectivity index (χ0) is 32.6. The van der Waals surface area contributed by atoms with Gasteiger partial charge < -0.3 is 29.7 Å². The Balaban J connectivity index is 1.63. The molecule has 3 saturated heterocycles. The fourth-order valence-corrected chi connectivity index (χ4v) is 7.29. The maximum Gasteiger partial charge on any atom is 0.313 e. The number of ether oxygens (including phenoxy) is 2. The van der Waals surface area contributed by atoms with E-state index in [4.69, 9.17) is 9.47 Å². The summed E-state index contributed by atoms with van der Waals surface area (Å²) in [7, 11) is 0. The van der Waals surface area contributed by atoms with Crippen molar-refractivity contribution < 1.29 is 33.8 Å². The van der Waals surface area contributed by atoms with Crippen LogP contribution in [0.25, 0.3) is 0 Å². The third-order valence-electron chi connectivity index (χ3n) is 9.35. The summed E-state index contributed by atoms with van der Waals surface area (Å²) < 4.78 is 12.7. The zero-order valence-electron chi connectivity index (χ0n) is 26.7. The molecular weight excluding hydrogens is 574 g/mol. The second kappa shape index (κ2) is 15.7. The summed E-state index contributed by atoms with van der Waals surface area (Å²) in [6, 6.07) is 7.75. The van der Waals surface area contributed by atoms with Crippen LogP contribution in [0.15, 0.2) is 55.6 Å². The summed E-state index contributed by atoms with van der Waals surface area (Å²) in [6.45, 7) is 12.3. The molecule has 246 valence electrons. The molecule has 1 aromatic rings. The maximum atomic E-state index is 14.3. The Bertz CT molecular complexity index is 1220. The Morgan fingerprint density at radius 2 is 1.96 bits per heavy atom. The van der Waals surface area contributed by atoms with E-state index in [1.54, 1.807) is 24.0 Å². The second-order valence-corrected chi connectivity index (χ2v) is 12.4. The number of benzene rings is 1. The average molecular weight is 624 g/mol. The molecule has 2 N–H and O–H groups in total. The molecule has 0 saturated carbocycles. The number of unbranched alkanes of at least 4 members (excludes halogenated alkanes) is 2. The van der Waals surface area contributed by atoms with E-state index in [9.17, 15) is 24.3 Å². The van der Waals surface area contributed by atoms with E-state index >= 15 is 0 Å². The van der Waals surface area contributed by atoms with Gasteiger partial charge in [0.05, 0.1) is 24.0 Å². The lowest BCUT2D eigenvalue weighted by atomic mass is 9.70. The molecule has 0 radical (unpaired) electrons. The minimum absolute atomic E-state index is 0.140. The van der Waals surface area contributed by atoms with Gasteiger partial charge >= 0.3 is 5.97 Å². The molecule has 10 heteroatoms. The van der Waals surface area contributed by atoms with Crippen LogP contribution in [0.5, 0.6) is 0 Å². The average Bonchev–Trinajstić information content (AvgIpc) is 3.68. The molecule has 3 aliphatic rings. The molecule has 1 spiro atoms. The van der Waals surface area contributed by atoms with E-state index in [0.717, 1.165) is 19.3 Å². The minimum atomic E-state index is -1.16. The number of allylic oxidation sites excluding steroid dienone is 1. The van der Waals surface area contributed by atoms with Crippen LogP contribution >= 0.6 is 0 Å². The summed E-state index contributed by atoms with van der Waals surface area (Å²) in [6.07, 6.45) is 6.86. The minimum Gasteiger partial charge on any atom is -0.455 e. The standard InChI is InChI=1S/C35H49N3O7/c1-5-8-13-21-37(20-7-3)33(42)31-35-19-18-26(45-35)28(29(35)32(41)38(31)22-14-23-39)34(43)44-30(25-15-11-10-12-16-25)24(4)36-27(40)17-9-6-2/h6-7,10-12,15-16,24,26,28-31,39H,2-3,5,8-9,13-14,17-23H2,1,4H3,(H,36,40)/t24-,26+,28-,29-,30-,31+,35-/m0/s1. The zero-order valence-corrected chi connectivity index (χ0v) is 26.7. The van der Waals surface area contributed by atoms with Crippen molar-refractivity contribution in [1.29, 1.82) is 0 Å². The molecule has 10 nitrogen and oxygen atoms in total. The van der Waals surface area contributed by atoms with Crippen molar-refractivity contribution in [3.63, 3.8) is 0 Å². The predicted molar refractivity (Wildman–Crippen MR) is 170 cm³/mol. The highest BCUT2D eigenvalue weighted by Crippen LogP contribution is 2.59. The van der Waals surface area contributed by atoms with Crippen LogP contribution in [0.1, 0.15) is 76.9 Å². The summed E-state index contributed by atoms with van der Waals surface area (Å²) in [5.41, 5.74) is -0.446. The lowest BCUT2D eigenvalue weighted by molar-refractivity contribution is -0.162. The van der Waals surface area contributed by atoms with Crippen LogP contribution in [0.3, 0.4) is 0 Å².